The van der Waals surface area contributed by atoms with Crippen LogP contribution in [0.4, 0.5) is 0 Å². The molecular formula is C14H19N3. The lowest BCUT2D eigenvalue weighted by Gasteiger charge is -2.29. The van der Waals surface area contributed by atoms with E-state index in [4.69, 9.17) is 5.26 Å². The van der Waals surface area contributed by atoms with Crippen molar-refractivity contribution >= 4 is 0 Å². The smallest absolute Gasteiger partial charge is 0.0672 e. The average Bonchev–Trinajstić information content (AvgIpc) is 2.85. The fraction of sp³-hybridized carbons (Fsp3) is 0.571. The van der Waals surface area contributed by atoms with Crippen LogP contribution in [0.15, 0.2) is 24.4 Å². The van der Waals surface area contributed by atoms with E-state index in [9.17, 15) is 0 Å². The highest BCUT2D eigenvalue weighted by molar-refractivity contribution is 5.05. The highest BCUT2D eigenvalue weighted by Gasteiger charge is 2.31. The molecule has 1 fully saturated rings. The molecule has 1 saturated carbocycles. The normalized spacial score (nSPS) is 23.8. The first-order valence-corrected chi connectivity index (χ1v) is 6.38. The molecule has 0 amide bonds. The van der Waals surface area contributed by atoms with Crippen LogP contribution in [0.25, 0.3) is 0 Å². The lowest BCUT2D eigenvalue weighted by Crippen LogP contribution is -2.37. The first-order valence-electron chi connectivity index (χ1n) is 6.38. The number of pyridine rings is 1. The Morgan fingerprint density at radius 3 is 3.00 bits per heavy atom. The molecule has 0 radical (unpaired) electrons. The van der Waals surface area contributed by atoms with Crippen LogP contribution in [0.2, 0.25) is 0 Å². The lowest BCUT2D eigenvalue weighted by atomic mass is 10.0. The van der Waals surface area contributed by atoms with E-state index in [0.29, 0.717) is 6.04 Å². The summed E-state index contributed by atoms with van der Waals surface area (Å²) in [5.41, 5.74) is 1.10. The molecule has 2 rings (SSSR count). The minimum Gasteiger partial charge on any atom is -0.294 e. The van der Waals surface area contributed by atoms with Gasteiger partial charge < -0.3 is 0 Å². The Bertz CT molecular complexity index is 382. The van der Waals surface area contributed by atoms with Crippen molar-refractivity contribution in [3.05, 3.63) is 30.1 Å². The van der Waals surface area contributed by atoms with Crippen LogP contribution < -0.4 is 0 Å². The molecule has 3 heteroatoms. The molecule has 0 saturated heterocycles. The second kappa shape index (κ2) is 5.79. The van der Waals surface area contributed by atoms with Gasteiger partial charge in [0.05, 0.1) is 17.7 Å². The Kier molecular flexibility index (Phi) is 4.11. The predicted octanol–water partition coefficient (Wildman–Crippen LogP) is 2.60. The van der Waals surface area contributed by atoms with Crippen molar-refractivity contribution in [3.63, 3.8) is 0 Å². The van der Waals surface area contributed by atoms with Crippen molar-refractivity contribution in [3.8, 4) is 6.07 Å². The quantitative estimate of drug-likeness (QED) is 0.796. The van der Waals surface area contributed by atoms with E-state index in [-0.39, 0.29) is 5.92 Å². The summed E-state index contributed by atoms with van der Waals surface area (Å²) in [5, 5.41) is 9.15. The third-order valence-corrected chi connectivity index (χ3v) is 3.61. The Hall–Kier alpha value is -1.40. The standard InChI is InChI=1S/C14H19N3/c1-2-17(11-13-7-3-4-9-16-13)14-8-5-6-12(14)10-15/h3-4,7,9,12,14H,2,5-6,8,11H2,1H3. The van der Waals surface area contributed by atoms with Crippen LogP contribution in [0.3, 0.4) is 0 Å². The van der Waals surface area contributed by atoms with Crippen molar-refractivity contribution < 1.29 is 0 Å². The lowest BCUT2D eigenvalue weighted by molar-refractivity contribution is 0.176. The summed E-state index contributed by atoms with van der Waals surface area (Å²) in [5.74, 6) is 0.207. The zero-order valence-electron chi connectivity index (χ0n) is 10.3. The monoisotopic (exact) mass is 229 g/mol. The van der Waals surface area contributed by atoms with Crippen molar-refractivity contribution in [1.29, 1.82) is 5.26 Å². The average molecular weight is 229 g/mol. The first-order chi connectivity index (χ1) is 8.35. The van der Waals surface area contributed by atoms with Gasteiger partial charge in [-0.3, -0.25) is 9.88 Å². The van der Waals surface area contributed by atoms with Gasteiger partial charge in [0.1, 0.15) is 0 Å². The van der Waals surface area contributed by atoms with Crippen LogP contribution in [-0.2, 0) is 6.54 Å². The van der Waals surface area contributed by atoms with E-state index in [2.05, 4.69) is 28.9 Å². The molecular weight excluding hydrogens is 210 g/mol. The number of hydrogen-bond acceptors (Lipinski definition) is 3. The number of hydrogen-bond donors (Lipinski definition) is 0. The second-order valence-corrected chi connectivity index (χ2v) is 4.62. The summed E-state index contributed by atoms with van der Waals surface area (Å²) >= 11 is 0. The Morgan fingerprint density at radius 1 is 1.47 bits per heavy atom. The minimum absolute atomic E-state index is 0.207. The van der Waals surface area contributed by atoms with Gasteiger partial charge in [-0.1, -0.05) is 19.4 Å². The predicted molar refractivity (Wildman–Crippen MR) is 67.1 cm³/mol. The number of rotatable bonds is 4. The maximum absolute atomic E-state index is 9.15. The molecule has 0 aliphatic heterocycles. The highest BCUT2D eigenvalue weighted by atomic mass is 15.2. The summed E-state index contributed by atoms with van der Waals surface area (Å²) in [6.45, 7) is 4.01. The van der Waals surface area contributed by atoms with Crippen LogP contribution >= 0.6 is 0 Å². The molecule has 17 heavy (non-hydrogen) atoms. The zero-order chi connectivity index (χ0) is 12.1. The number of nitrogens with zero attached hydrogens (tertiary/aromatic N) is 3. The van der Waals surface area contributed by atoms with Gasteiger partial charge in [0, 0.05) is 18.8 Å². The molecule has 1 aliphatic carbocycles. The molecule has 1 aliphatic rings. The largest absolute Gasteiger partial charge is 0.294 e. The Balaban J connectivity index is 2.04. The van der Waals surface area contributed by atoms with Gasteiger partial charge in [-0.15, -0.1) is 0 Å². The molecule has 0 aromatic carbocycles. The molecule has 2 atom stereocenters. The molecule has 90 valence electrons. The number of aromatic nitrogens is 1. The van der Waals surface area contributed by atoms with Crippen LogP contribution in [0.5, 0.6) is 0 Å². The third kappa shape index (κ3) is 2.83. The summed E-state index contributed by atoms with van der Waals surface area (Å²) in [6, 6.07) is 8.89. The van der Waals surface area contributed by atoms with Crippen LogP contribution in [-0.4, -0.2) is 22.5 Å². The molecule has 3 nitrogen and oxygen atoms in total. The minimum atomic E-state index is 0.207. The van der Waals surface area contributed by atoms with Crippen molar-refractivity contribution in [1.82, 2.24) is 9.88 Å². The van der Waals surface area contributed by atoms with Gasteiger partial charge in [0.25, 0.3) is 0 Å². The molecule has 0 N–H and O–H groups in total. The van der Waals surface area contributed by atoms with Gasteiger partial charge in [-0.25, -0.2) is 0 Å². The molecule has 0 spiro atoms. The molecule has 1 heterocycles. The first kappa shape index (κ1) is 12.1. The summed E-state index contributed by atoms with van der Waals surface area (Å²) in [6.07, 6.45) is 5.22. The van der Waals surface area contributed by atoms with Gasteiger partial charge >= 0.3 is 0 Å². The van der Waals surface area contributed by atoms with Gasteiger partial charge in [-0.2, -0.15) is 5.26 Å². The van der Waals surface area contributed by atoms with E-state index in [1.54, 1.807) is 0 Å². The van der Waals surface area contributed by atoms with Gasteiger partial charge in [-0.05, 0) is 31.5 Å². The van der Waals surface area contributed by atoms with E-state index in [1.807, 2.05) is 18.3 Å². The van der Waals surface area contributed by atoms with Crippen LogP contribution in [0.1, 0.15) is 31.9 Å². The van der Waals surface area contributed by atoms with Crippen LogP contribution in [0, 0.1) is 17.2 Å². The van der Waals surface area contributed by atoms with E-state index in [0.717, 1.165) is 31.6 Å². The van der Waals surface area contributed by atoms with Gasteiger partial charge in [0.2, 0.25) is 0 Å². The highest BCUT2D eigenvalue weighted by Crippen LogP contribution is 2.30. The molecule has 1 aromatic rings. The summed E-state index contributed by atoms with van der Waals surface area (Å²) in [7, 11) is 0. The van der Waals surface area contributed by atoms with Crippen molar-refractivity contribution in [2.24, 2.45) is 5.92 Å². The SMILES string of the molecule is CCN(Cc1ccccn1)C1CCCC1C#N. The molecule has 2 unspecified atom stereocenters. The maximum Gasteiger partial charge on any atom is 0.0672 e. The van der Waals surface area contributed by atoms with Crippen molar-refractivity contribution in [2.75, 3.05) is 6.54 Å². The van der Waals surface area contributed by atoms with E-state index < -0.39 is 0 Å². The molecule has 0 bridgehead atoms. The fourth-order valence-corrected chi connectivity index (χ4v) is 2.69. The second-order valence-electron chi connectivity index (χ2n) is 4.62. The fourth-order valence-electron chi connectivity index (χ4n) is 2.69. The van der Waals surface area contributed by atoms with E-state index in [1.165, 1.54) is 6.42 Å². The zero-order valence-corrected chi connectivity index (χ0v) is 10.3. The third-order valence-electron chi connectivity index (χ3n) is 3.61. The summed E-state index contributed by atoms with van der Waals surface area (Å²) in [4.78, 5) is 6.76. The van der Waals surface area contributed by atoms with Gasteiger partial charge in [0.15, 0.2) is 0 Å². The Labute approximate surface area is 103 Å². The van der Waals surface area contributed by atoms with E-state index >= 15 is 0 Å². The Morgan fingerprint density at radius 2 is 2.35 bits per heavy atom. The van der Waals surface area contributed by atoms with Crippen molar-refractivity contribution in [2.45, 2.75) is 38.8 Å². The topological polar surface area (TPSA) is 39.9 Å². The maximum atomic E-state index is 9.15. The summed E-state index contributed by atoms with van der Waals surface area (Å²) < 4.78 is 0. The number of nitriles is 1. The molecule has 1 aromatic heterocycles.